The summed E-state index contributed by atoms with van der Waals surface area (Å²) in [5.41, 5.74) is 6.08. The van der Waals surface area contributed by atoms with Crippen LogP contribution < -0.4 is 5.73 Å². The number of nitrogens with zero attached hydrogens (tertiary/aromatic N) is 1. The highest BCUT2D eigenvalue weighted by Gasteiger charge is 2.36. The molecular weight excluding hydrogens is 172 g/mol. The molecular formula is C12H24N2. The number of likely N-dealkylation sites (tertiary alicyclic amines) is 1. The molecule has 2 N–H and O–H groups in total. The van der Waals surface area contributed by atoms with Gasteiger partial charge in [-0.2, -0.15) is 0 Å². The van der Waals surface area contributed by atoms with E-state index in [4.69, 9.17) is 5.73 Å². The Hall–Kier alpha value is -0.0800. The third-order valence-corrected chi connectivity index (χ3v) is 4.31. The minimum absolute atomic E-state index is 0.424. The van der Waals surface area contributed by atoms with E-state index in [1.54, 1.807) is 0 Å². The van der Waals surface area contributed by atoms with Crippen molar-refractivity contribution in [1.29, 1.82) is 0 Å². The summed E-state index contributed by atoms with van der Waals surface area (Å²) in [6.07, 6.45) is 5.65. The van der Waals surface area contributed by atoms with E-state index in [9.17, 15) is 0 Å². The molecule has 4 atom stereocenters. The van der Waals surface area contributed by atoms with E-state index in [0.717, 1.165) is 18.5 Å². The van der Waals surface area contributed by atoms with Gasteiger partial charge in [-0.3, -0.25) is 4.90 Å². The first-order chi connectivity index (χ1) is 6.72. The molecule has 1 aliphatic heterocycles. The van der Waals surface area contributed by atoms with Gasteiger partial charge in [0.2, 0.25) is 0 Å². The predicted octanol–water partition coefficient (Wildman–Crippen LogP) is 1.84. The largest absolute Gasteiger partial charge is 0.326 e. The summed E-state index contributed by atoms with van der Waals surface area (Å²) in [5, 5.41) is 0. The van der Waals surface area contributed by atoms with Crippen LogP contribution in [0.5, 0.6) is 0 Å². The van der Waals surface area contributed by atoms with Crippen LogP contribution in [0.15, 0.2) is 0 Å². The summed E-state index contributed by atoms with van der Waals surface area (Å²) in [5.74, 6) is 1.65. The summed E-state index contributed by atoms with van der Waals surface area (Å²) in [7, 11) is 0. The summed E-state index contributed by atoms with van der Waals surface area (Å²) in [6.45, 7) is 7.01. The van der Waals surface area contributed by atoms with Gasteiger partial charge in [0.15, 0.2) is 0 Å². The molecule has 1 heterocycles. The van der Waals surface area contributed by atoms with Gasteiger partial charge < -0.3 is 5.73 Å². The molecule has 0 bridgehead atoms. The monoisotopic (exact) mass is 196 g/mol. The van der Waals surface area contributed by atoms with Gasteiger partial charge in [0, 0.05) is 25.2 Å². The quantitative estimate of drug-likeness (QED) is 0.730. The number of rotatable bonds is 2. The average Bonchev–Trinajstić information content (AvgIpc) is 2.73. The van der Waals surface area contributed by atoms with Crippen molar-refractivity contribution in [3.8, 4) is 0 Å². The summed E-state index contributed by atoms with van der Waals surface area (Å²) in [4.78, 5) is 2.66. The van der Waals surface area contributed by atoms with Crippen LogP contribution in [0.1, 0.15) is 39.5 Å². The van der Waals surface area contributed by atoms with E-state index in [1.165, 1.54) is 32.2 Å². The van der Waals surface area contributed by atoms with E-state index < -0.39 is 0 Å². The lowest BCUT2D eigenvalue weighted by atomic mass is 9.99. The SMILES string of the molecule is CCC1CCCC1N1CC(C)C(N)C1. The predicted molar refractivity (Wildman–Crippen MR) is 60.1 cm³/mol. The van der Waals surface area contributed by atoms with Crippen LogP contribution >= 0.6 is 0 Å². The summed E-state index contributed by atoms with van der Waals surface area (Å²) >= 11 is 0. The average molecular weight is 196 g/mol. The van der Waals surface area contributed by atoms with E-state index in [0.29, 0.717) is 12.0 Å². The fraction of sp³-hybridized carbons (Fsp3) is 1.00. The number of nitrogens with two attached hydrogens (primary N) is 1. The third kappa shape index (κ3) is 1.82. The first kappa shape index (κ1) is 10.4. The van der Waals surface area contributed by atoms with E-state index >= 15 is 0 Å². The smallest absolute Gasteiger partial charge is 0.0206 e. The molecule has 1 aliphatic carbocycles. The van der Waals surface area contributed by atoms with Crippen LogP contribution in [-0.2, 0) is 0 Å². The minimum atomic E-state index is 0.424. The second kappa shape index (κ2) is 4.19. The van der Waals surface area contributed by atoms with E-state index in [2.05, 4.69) is 18.7 Å². The van der Waals surface area contributed by atoms with Crippen LogP contribution in [0.25, 0.3) is 0 Å². The molecule has 0 aromatic rings. The zero-order valence-electron chi connectivity index (χ0n) is 9.58. The Morgan fingerprint density at radius 1 is 1.29 bits per heavy atom. The number of hydrogen-bond acceptors (Lipinski definition) is 2. The van der Waals surface area contributed by atoms with Crippen molar-refractivity contribution in [2.45, 2.75) is 51.6 Å². The van der Waals surface area contributed by atoms with Gasteiger partial charge in [0.1, 0.15) is 0 Å². The zero-order chi connectivity index (χ0) is 10.1. The van der Waals surface area contributed by atoms with Crippen LogP contribution in [0.3, 0.4) is 0 Å². The molecule has 1 saturated heterocycles. The third-order valence-electron chi connectivity index (χ3n) is 4.31. The summed E-state index contributed by atoms with van der Waals surface area (Å²) in [6, 6.07) is 1.28. The van der Waals surface area contributed by atoms with Crippen molar-refractivity contribution in [3.63, 3.8) is 0 Å². The van der Waals surface area contributed by atoms with Gasteiger partial charge in [0.05, 0.1) is 0 Å². The highest BCUT2D eigenvalue weighted by Crippen LogP contribution is 2.34. The number of hydrogen-bond donors (Lipinski definition) is 1. The molecule has 0 aromatic carbocycles. The van der Waals surface area contributed by atoms with E-state index in [-0.39, 0.29) is 0 Å². The van der Waals surface area contributed by atoms with Crippen molar-refractivity contribution in [3.05, 3.63) is 0 Å². The first-order valence-corrected chi connectivity index (χ1v) is 6.22. The molecule has 2 heteroatoms. The van der Waals surface area contributed by atoms with Crippen molar-refractivity contribution in [2.24, 2.45) is 17.6 Å². The lowest BCUT2D eigenvalue weighted by Gasteiger charge is -2.28. The highest BCUT2D eigenvalue weighted by molar-refractivity contribution is 4.92. The highest BCUT2D eigenvalue weighted by atomic mass is 15.2. The molecule has 0 radical (unpaired) electrons. The zero-order valence-corrected chi connectivity index (χ0v) is 9.58. The van der Waals surface area contributed by atoms with Crippen LogP contribution in [0.4, 0.5) is 0 Å². The molecule has 2 fully saturated rings. The second-order valence-electron chi connectivity index (χ2n) is 5.26. The Labute approximate surface area is 87.8 Å². The van der Waals surface area contributed by atoms with Crippen molar-refractivity contribution in [1.82, 2.24) is 4.90 Å². The van der Waals surface area contributed by atoms with Crippen LogP contribution in [0.2, 0.25) is 0 Å². The van der Waals surface area contributed by atoms with Gasteiger partial charge in [0.25, 0.3) is 0 Å². The van der Waals surface area contributed by atoms with Crippen molar-refractivity contribution in [2.75, 3.05) is 13.1 Å². The molecule has 2 aliphatic rings. The maximum absolute atomic E-state index is 6.08. The maximum atomic E-state index is 6.08. The lowest BCUT2D eigenvalue weighted by Crippen LogP contribution is -2.37. The molecule has 0 aromatic heterocycles. The molecule has 14 heavy (non-hydrogen) atoms. The van der Waals surface area contributed by atoms with Gasteiger partial charge in [-0.25, -0.2) is 0 Å². The van der Waals surface area contributed by atoms with Gasteiger partial charge in [-0.15, -0.1) is 0 Å². The fourth-order valence-corrected chi connectivity index (χ4v) is 3.28. The molecule has 1 saturated carbocycles. The molecule has 2 rings (SSSR count). The Morgan fingerprint density at radius 2 is 2.07 bits per heavy atom. The van der Waals surface area contributed by atoms with Crippen LogP contribution in [0, 0.1) is 11.8 Å². The minimum Gasteiger partial charge on any atom is -0.326 e. The van der Waals surface area contributed by atoms with Gasteiger partial charge in [-0.05, 0) is 24.7 Å². The van der Waals surface area contributed by atoms with Gasteiger partial charge in [-0.1, -0.05) is 26.7 Å². The molecule has 0 spiro atoms. The standard InChI is InChI=1S/C12H24N2/c1-3-10-5-4-6-12(10)14-7-9(2)11(13)8-14/h9-12H,3-8,13H2,1-2H3. The lowest BCUT2D eigenvalue weighted by molar-refractivity contribution is 0.187. The normalized spacial score (nSPS) is 44.8. The summed E-state index contributed by atoms with van der Waals surface area (Å²) < 4.78 is 0. The Bertz CT molecular complexity index is 183. The molecule has 2 nitrogen and oxygen atoms in total. The van der Waals surface area contributed by atoms with Gasteiger partial charge >= 0.3 is 0 Å². The molecule has 0 amide bonds. The Kier molecular flexibility index (Phi) is 3.13. The second-order valence-corrected chi connectivity index (χ2v) is 5.26. The van der Waals surface area contributed by atoms with Crippen molar-refractivity contribution >= 4 is 0 Å². The van der Waals surface area contributed by atoms with Crippen LogP contribution in [-0.4, -0.2) is 30.1 Å². The van der Waals surface area contributed by atoms with E-state index in [1.807, 2.05) is 0 Å². The molecule has 4 unspecified atom stereocenters. The Morgan fingerprint density at radius 3 is 2.64 bits per heavy atom. The topological polar surface area (TPSA) is 29.3 Å². The van der Waals surface area contributed by atoms with Crippen molar-refractivity contribution < 1.29 is 0 Å². The Balaban J connectivity index is 1.95. The first-order valence-electron chi connectivity index (χ1n) is 6.22. The maximum Gasteiger partial charge on any atom is 0.0206 e. The molecule has 82 valence electrons. The fourth-order valence-electron chi connectivity index (χ4n) is 3.28.